The lowest BCUT2D eigenvalue weighted by Gasteiger charge is -2.08. The number of amides is 1. The van der Waals surface area contributed by atoms with Crippen LogP contribution in [0.2, 0.25) is 0 Å². The average molecular weight is 352 g/mol. The molecule has 24 heavy (non-hydrogen) atoms. The van der Waals surface area contributed by atoms with E-state index in [4.69, 9.17) is 9.88 Å². The van der Waals surface area contributed by atoms with E-state index in [1.54, 1.807) is 18.2 Å². The molecule has 8 heteroatoms. The second-order valence-corrected chi connectivity index (χ2v) is 6.57. The summed E-state index contributed by atoms with van der Waals surface area (Å²) in [5.74, 6) is -0.883. The van der Waals surface area contributed by atoms with E-state index >= 15 is 0 Å². The van der Waals surface area contributed by atoms with Crippen molar-refractivity contribution in [2.75, 3.05) is 13.2 Å². The van der Waals surface area contributed by atoms with Crippen LogP contribution < -0.4 is 15.2 Å². The summed E-state index contributed by atoms with van der Waals surface area (Å²) in [7, 11) is -3.71. The fraction of sp³-hybridized carbons (Fsp3) is 0.188. The molecule has 1 amide bonds. The second kappa shape index (κ2) is 7.89. The van der Waals surface area contributed by atoms with Gasteiger partial charge in [0.05, 0.1) is 4.90 Å². The van der Waals surface area contributed by atoms with Crippen LogP contribution in [0.3, 0.4) is 0 Å². The predicted molar refractivity (Wildman–Crippen MR) is 86.4 cm³/mol. The maximum absolute atomic E-state index is 13.3. The molecule has 0 unspecified atom stereocenters. The molecule has 2 aromatic rings. The van der Waals surface area contributed by atoms with Gasteiger partial charge in [-0.15, -0.1) is 0 Å². The van der Waals surface area contributed by atoms with Crippen molar-refractivity contribution in [3.8, 4) is 5.75 Å². The van der Waals surface area contributed by atoms with Gasteiger partial charge >= 0.3 is 0 Å². The van der Waals surface area contributed by atoms with Crippen molar-refractivity contribution in [1.82, 2.24) is 5.32 Å². The molecule has 0 spiro atoms. The summed E-state index contributed by atoms with van der Waals surface area (Å²) < 4.78 is 40.7. The molecule has 0 aromatic heterocycles. The van der Waals surface area contributed by atoms with Gasteiger partial charge in [-0.05, 0) is 36.2 Å². The number of ether oxygens (including phenoxy) is 1. The maximum Gasteiger partial charge on any atom is 0.257 e. The molecule has 0 radical (unpaired) electrons. The van der Waals surface area contributed by atoms with Crippen LogP contribution in [0, 0.1) is 5.82 Å². The highest BCUT2D eigenvalue weighted by atomic mass is 32.2. The summed E-state index contributed by atoms with van der Waals surface area (Å²) in [6, 6.07) is 11.9. The van der Waals surface area contributed by atoms with Crippen molar-refractivity contribution >= 4 is 15.9 Å². The van der Waals surface area contributed by atoms with Crippen molar-refractivity contribution < 1.29 is 22.3 Å². The van der Waals surface area contributed by atoms with E-state index in [9.17, 15) is 17.6 Å². The molecule has 6 nitrogen and oxygen atoms in total. The summed E-state index contributed by atoms with van der Waals surface area (Å²) in [4.78, 5) is 11.7. The van der Waals surface area contributed by atoms with Crippen LogP contribution in [-0.2, 0) is 21.2 Å². The molecule has 0 saturated heterocycles. The number of hydrogen-bond donors (Lipinski definition) is 2. The van der Waals surface area contributed by atoms with Crippen LogP contribution >= 0.6 is 0 Å². The Hall–Kier alpha value is -2.45. The van der Waals surface area contributed by atoms with Gasteiger partial charge in [-0.2, -0.15) is 0 Å². The normalized spacial score (nSPS) is 11.1. The first-order valence-corrected chi connectivity index (χ1v) is 8.66. The Morgan fingerprint density at radius 2 is 1.79 bits per heavy atom. The SMILES string of the molecule is NS(=O)(=O)c1ccc(CCNC(=O)COc2ccccc2F)cc1. The Balaban J connectivity index is 1.75. The highest BCUT2D eigenvalue weighted by molar-refractivity contribution is 7.89. The Labute approximate surface area is 139 Å². The van der Waals surface area contributed by atoms with Gasteiger partial charge in [0.15, 0.2) is 18.2 Å². The number of halogens is 1. The van der Waals surface area contributed by atoms with Crippen LogP contribution in [0.4, 0.5) is 4.39 Å². The lowest BCUT2D eigenvalue weighted by Crippen LogP contribution is -2.30. The van der Waals surface area contributed by atoms with E-state index in [0.29, 0.717) is 13.0 Å². The smallest absolute Gasteiger partial charge is 0.257 e. The van der Waals surface area contributed by atoms with E-state index in [1.165, 1.54) is 30.3 Å². The van der Waals surface area contributed by atoms with Crippen LogP contribution in [0.25, 0.3) is 0 Å². The summed E-state index contributed by atoms with van der Waals surface area (Å²) in [5, 5.41) is 7.65. The number of rotatable bonds is 7. The molecule has 0 fully saturated rings. The minimum absolute atomic E-state index is 0.0197. The highest BCUT2D eigenvalue weighted by Crippen LogP contribution is 2.14. The third-order valence-corrected chi connectivity index (χ3v) is 4.11. The zero-order valence-electron chi connectivity index (χ0n) is 12.7. The van der Waals surface area contributed by atoms with E-state index in [-0.39, 0.29) is 23.2 Å². The van der Waals surface area contributed by atoms with Crippen LogP contribution in [0.5, 0.6) is 5.75 Å². The molecule has 3 N–H and O–H groups in total. The zero-order chi connectivity index (χ0) is 17.6. The Morgan fingerprint density at radius 3 is 2.42 bits per heavy atom. The minimum Gasteiger partial charge on any atom is -0.481 e. The fourth-order valence-electron chi connectivity index (χ4n) is 1.95. The lowest BCUT2D eigenvalue weighted by molar-refractivity contribution is -0.123. The third-order valence-electron chi connectivity index (χ3n) is 3.18. The van der Waals surface area contributed by atoms with Gasteiger partial charge in [0.25, 0.3) is 5.91 Å². The maximum atomic E-state index is 13.3. The van der Waals surface area contributed by atoms with E-state index < -0.39 is 15.8 Å². The summed E-state index contributed by atoms with van der Waals surface area (Å²) in [5.41, 5.74) is 0.845. The van der Waals surface area contributed by atoms with Gasteiger partial charge < -0.3 is 10.1 Å². The van der Waals surface area contributed by atoms with Gasteiger partial charge in [-0.3, -0.25) is 4.79 Å². The highest BCUT2D eigenvalue weighted by Gasteiger charge is 2.08. The zero-order valence-corrected chi connectivity index (χ0v) is 13.6. The van der Waals surface area contributed by atoms with Gasteiger partial charge in [-0.25, -0.2) is 17.9 Å². The molecule has 0 atom stereocenters. The molecule has 0 aliphatic carbocycles. The topological polar surface area (TPSA) is 98.5 Å². The molecule has 0 saturated carbocycles. The van der Waals surface area contributed by atoms with Gasteiger partial charge in [-0.1, -0.05) is 24.3 Å². The number of carbonyl (C=O) groups excluding carboxylic acids is 1. The van der Waals surface area contributed by atoms with Crippen LogP contribution in [-0.4, -0.2) is 27.5 Å². The summed E-state index contributed by atoms with van der Waals surface area (Å²) >= 11 is 0. The second-order valence-electron chi connectivity index (χ2n) is 5.01. The first-order chi connectivity index (χ1) is 11.4. The van der Waals surface area contributed by atoms with Gasteiger partial charge in [0.2, 0.25) is 10.0 Å². The number of hydrogen-bond acceptors (Lipinski definition) is 4. The molecule has 0 aliphatic heterocycles. The Kier molecular flexibility index (Phi) is 5.88. The van der Waals surface area contributed by atoms with E-state index in [0.717, 1.165) is 5.56 Å². The predicted octanol–water partition coefficient (Wildman–Crippen LogP) is 1.21. The first-order valence-electron chi connectivity index (χ1n) is 7.12. The van der Waals surface area contributed by atoms with Crippen molar-refractivity contribution in [2.24, 2.45) is 5.14 Å². The Morgan fingerprint density at radius 1 is 1.12 bits per heavy atom. The quantitative estimate of drug-likeness (QED) is 0.782. The Bertz CT molecular complexity index is 807. The molecule has 128 valence electrons. The molecular weight excluding hydrogens is 335 g/mol. The third kappa shape index (κ3) is 5.32. The van der Waals surface area contributed by atoms with Crippen molar-refractivity contribution in [3.05, 3.63) is 59.9 Å². The monoisotopic (exact) mass is 352 g/mol. The van der Waals surface area contributed by atoms with Crippen molar-refractivity contribution in [3.63, 3.8) is 0 Å². The summed E-state index contributed by atoms with van der Waals surface area (Å²) in [6.07, 6.45) is 0.510. The number of primary sulfonamides is 1. The molecule has 2 aromatic carbocycles. The van der Waals surface area contributed by atoms with Gasteiger partial charge in [0.1, 0.15) is 0 Å². The van der Waals surface area contributed by atoms with Crippen molar-refractivity contribution in [2.45, 2.75) is 11.3 Å². The fourth-order valence-corrected chi connectivity index (χ4v) is 2.46. The van der Waals surface area contributed by atoms with Crippen LogP contribution in [0.15, 0.2) is 53.4 Å². The molecule has 0 heterocycles. The van der Waals surface area contributed by atoms with Gasteiger partial charge in [0, 0.05) is 6.54 Å². The summed E-state index contributed by atoms with van der Waals surface area (Å²) in [6.45, 7) is 0.0550. The van der Waals surface area contributed by atoms with Crippen LogP contribution in [0.1, 0.15) is 5.56 Å². The van der Waals surface area contributed by atoms with E-state index in [2.05, 4.69) is 5.32 Å². The molecular formula is C16H17FN2O4S. The largest absolute Gasteiger partial charge is 0.481 e. The first kappa shape index (κ1) is 17.9. The van der Waals surface area contributed by atoms with E-state index in [1.807, 2.05) is 0 Å². The minimum atomic E-state index is -3.71. The number of carbonyl (C=O) groups is 1. The van der Waals surface area contributed by atoms with Crippen molar-refractivity contribution in [1.29, 1.82) is 0 Å². The average Bonchev–Trinajstić information content (AvgIpc) is 2.54. The molecule has 0 bridgehead atoms. The standard InChI is InChI=1S/C16H17FN2O4S/c17-14-3-1-2-4-15(14)23-11-16(20)19-10-9-12-5-7-13(8-6-12)24(18,21)22/h1-8H,9-11H2,(H,19,20)(H2,18,21,22). The number of nitrogens with one attached hydrogen (secondary N) is 1. The number of para-hydroxylation sites is 1. The number of benzene rings is 2. The molecule has 0 aliphatic rings. The lowest BCUT2D eigenvalue weighted by atomic mass is 10.1. The molecule has 2 rings (SSSR count). The number of sulfonamides is 1. The number of nitrogens with two attached hydrogens (primary N) is 1.